The van der Waals surface area contributed by atoms with Crippen molar-refractivity contribution >= 4 is 23.5 Å². The number of pyridine rings is 1. The van der Waals surface area contributed by atoms with Crippen molar-refractivity contribution in [2.75, 3.05) is 44.2 Å². The molecule has 0 radical (unpaired) electrons. The van der Waals surface area contributed by atoms with Crippen LogP contribution in [-0.2, 0) is 9.59 Å². The van der Waals surface area contributed by atoms with Crippen LogP contribution in [0.3, 0.4) is 0 Å². The molecule has 8 nitrogen and oxygen atoms in total. The van der Waals surface area contributed by atoms with Gasteiger partial charge in [-0.2, -0.15) is 0 Å². The number of fused-ring (bicyclic) bond motifs is 4. The number of likely N-dealkylation sites (tertiary alicyclic amines) is 1. The third-order valence-electron chi connectivity index (χ3n) is 7.57. The van der Waals surface area contributed by atoms with Crippen LogP contribution in [0.5, 0.6) is 0 Å². The average molecular weight is 440 g/mol. The van der Waals surface area contributed by atoms with Gasteiger partial charge in [0.25, 0.3) is 5.91 Å². The molecule has 5 heterocycles. The molecule has 0 saturated carbocycles. The van der Waals surface area contributed by atoms with E-state index in [4.69, 9.17) is 0 Å². The fraction of sp³-hybridized carbons (Fsp3) is 0.667. The maximum absolute atomic E-state index is 13.0. The van der Waals surface area contributed by atoms with Crippen molar-refractivity contribution in [2.24, 2.45) is 11.8 Å². The molecule has 4 saturated heterocycles. The Hall–Kier alpha value is -2.64. The second-order valence-corrected chi connectivity index (χ2v) is 9.74. The number of anilines is 1. The Labute approximate surface area is 189 Å². The molecule has 172 valence electrons. The summed E-state index contributed by atoms with van der Waals surface area (Å²) < 4.78 is 0. The van der Waals surface area contributed by atoms with Crippen LogP contribution in [0.15, 0.2) is 18.3 Å². The van der Waals surface area contributed by atoms with Crippen LogP contribution in [0, 0.1) is 11.8 Å². The number of hydrogen-bond acceptors (Lipinski definition) is 5. The van der Waals surface area contributed by atoms with Gasteiger partial charge in [0.2, 0.25) is 11.8 Å². The minimum Gasteiger partial charge on any atom is -0.355 e. The van der Waals surface area contributed by atoms with E-state index in [1.807, 2.05) is 17.0 Å². The van der Waals surface area contributed by atoms with E-state index in [-0.39, 0.29) is 11.8 Å². The average Bonchev–Trinajstić information content (AvgIpc) is 3.22. The topological polar surface area (TPSA) is 85.9 Å². The van der Waals surface area contributed by atoms with Gasteiger partial charge < -0.3 is 20.0 Å². The highest BCUT2D eigenvalue weighted by atomic mass is 16.2. The van der Waals surface area contributed by atoms with E-state index in [2.05, 4.69) is 20.1 Å². The summed E-state index contributed by atoms with van der Waals surface area (Å²) in [6, 6.07) is 4.00. The van der Waals surface area contributed by atoms with E-state index in [0.29, 0.717) is 55.3 Å². The van der Waals surface area contributed by atoms with Gasteiger partial charge in [0, 0.05) is 64.3 Å². The van der Waals surface area contributed by atoms with E-state index >= 15 is 0 Å². The van der Waals surface area contributed by atoms with Crippen molar-refractivity contribution in [1.82, 2.24) is 20.1 Å². The third-order valence-corrected chi connectivity index (χ3v) is 7.57. The first-order valence-corrected chi connectivity index (χ1v) is 12.2. The Morgan fingerprint density at radius 3 is 2.84 bits per heavy atom. The fourth-order valence-corrected chi connectivity index (χ4v) is 6.12. The van der Waals surface area contributed by atoms with Gasteiger partial charge in [-0.3, -0.25) is 14.4 Å². The molecule has 3 atom stereocenters. The molecule has 4 fully saturated rings. The molecule has 8 heteroatoms. The summed E-state index contributed by atoms with van der Waals surface area (Å²) in [6.45, 7) is 4.59. The predicted octanol–water partition coefficient (Wildman–Crippen LogP) is 1.66. The van der Waals surface area contributed by atoms with E-state index in [1.54, 1.807) is 6.20 Å². The summed E-state index contributed by atoms with van der Waals surface area (Å²) in [5.41, 5.74) is 0.612. The van der Waals surface area contributed by atoms with Gasteiger partial charge in [0.05, 0.1) is 5.56 Å². The Morgan fingerprint density at radius 2 is 2.00 bits per heavy atom. The van der Waals surface area contributed by atoms with Gasteiger partial charge in [-0.25, -0.2) is 4.98 Å². The van der Waals surface area contributed by atoms with Crippen LogP contribution in [0.4, 0.5) is 5.82 Å². The normalized spacial score (nSPS) is 27.5. The van der Waals surface area contributed by atoms with Crippen LogP contribution >= 0.6 is 0 Å². The second kappa shape index (κ2) is 9.08. The molecule has 32 heavy (non-hydrogen) atoms. The number of amides is 3. The first-order valence-electron chi connectivity index (χ1n) is 12.2. The molecule has 2 bridgehead atoms. The van der Waals surface area contributed by atoms with Crippen LogP contribution in [0.25, 0.3) is 0 Å². The Balaban J connectivity index is 1.22. The largest absolute Gasteiger partial charge is 0.355 e. The van der Waals surface area contributed by atoms with Gasteiger partial charge >= 0.3 is 0 Å². The van der Waals surface area contributed by atoms with Crippen molar-refractivity contribution in [3.8, 4) is 0 Å². The SMILES string of the molecule is O=C(NCCCN1CCCC1=O)c1cccnc1N1C[C@H]2C[C@H](C1)[C@H]1CCCC(=O)N1C2. The Bertz CT molecular complexity index is 890. The van der Waals surface area contributed by atoms with Crippen LogP contribution in [-0.4, -0.2) is 77.8 Å². The number of aromatic nitrogens is 1. The Kier molecular flexibility index (Phi) is 6.02. The fourth-order valence-electron chi connectivity index (χ4n) is 6.12. The van der Waals surface area contributed by atoms with E-state index in [9.17, 15) is 14.4 Å². The number of nitrogens with one attached hydrogen (secondary N) is 1. The van der Waals surface area contributed by atoms with Gasteiger partial charge in [0.15, 0.2) is 0 Å². The molecule has 0 spiro atoms. The Morgan fingerprint density at radius 1 is 1.12 bits per heavy atom. The number of piperidine rings is 3. The molecule has 0 aromatic carbocycles. The first-order chi connectivity index (χ1) is 15.6. The molecule has 1 N–H and O–H groups in total. The van der Waals surface area contributed by atoms with E-state index in [0.717, 1.165) is 64.1 Å². The zero-order chi connectivity index (χ0) is 22.1. The monoisotopic (exact) mass is 439 g/mol. The number of carbonyl (C=O) groups is 3. The van der Waals surface area contributed by atoms with Crippen LogP contribution in [0.2, 0.25) is 0 Å². The summed E-state index contributed by atoms with van der Waals surface area (Å²) in [5, 5.41) is 3.02. The maximum Gasteiger partial charge on any atom is 0.255 e. The highest BCUT2D eigenvalue weighted by Gasteiger charge is 2.44. The highest BCUT2D eigenvalue weighted by Crippen LogP contribution is 2.39. The molecule has 0 unspecified atom stereocenters. The molecule has 4 aliphatic heterocycles. The molecule has 0 aliphatic carbocycles. The number of rotatable bonds is 6. The third kappa shape index (κ3) is 4.19. The molecule has 1 aromatic rings. The molecular weight excluding hydrogens is 406 g/mol. The van der Waals surface area contributed by atoms with E-state index in [1.165, 1.54) is 0 Å². The molecule has 4 aliphatic rings. The van der Waals surface area contributed by atoms with E-state index < -0.39 is 0 Å². The van der Waals surface area contributed by atoms with Crippen LogP contribution in [0.1, 0.15) is 55.3 Å². The molecule has 5 rings (SSSR count). The van der Waals surface area contributed by atoms with Gasteiger partial charge in [-0.15, -0.1) is 0 Å². The molecular formula is C24H33N5O3. The van der Waals surface area contributed by atoms with Crippen LogP contribution < -0.4 is 10.2 Å². The lowest BCUT2D eigenvalue weighted by molar-refractivity contribution is -0.142. The molecule has 1 aromatic heterocycles. The van der Waals surface area contributed by atoms with Crippen molar-refractivity contribution in [3.05, 3.63) is 23.9 Å². The lowest BCUT2D eigenvalue weighted by Gasteiger charge is -2.52. The summed E-state index contributed by atoms with van der Waals surface area (Å²) in [6.07, 6.45) is 8.03. The first kappa shape index (κ1) is 21.2. The zero-order valence-electron chi connectivity index (χ0n) is 18.7. The van der Waals surface area contributed by atoms with Crippen molar-refractivity contribution in [3.63, 3.8) is 0 Å². The maximum atomic E-state index is 13.0. The van der Waals surface area contributed by atoms with Crippen molar-refractivity contribution in [1.29, 1.82) is 0 Å². The number of nitrogens with zero attached hydrogens (tertiary/aromatic N) is 4. The predicted molar refractivity (Wildman–Crippen MR) is 120 cm³/mol. The van der Waals surface area contributed by atoms with Gasteiger partial charge in [-0.1, -0.05) is 0 Å². The minimum atomic E-state index is -0.106. The lowest BCUT2D eigenvalue weighted by atomic mass is 9.76. The lowest BCUT2D eigenvalue weighted by Crippen LogP contribution is -2.60. The van der Waals surface area contributed by atoms with Gasteiger partial charge in [0.1, 0.15) is 5.82 Å². The highest BCUT2D eigenvalue weighted by molar-refractivity contribution is 5.98. The second-order valence-electron chi connectivity index (χ2n) is 9.74. The van der Waals surface area contributed by atoms with Crippen molar-refractivity contribution in [2.45, 2.75) is 51.0 Å². The van der Waals surface area contributed by atoms with Gasteiger partial charge in [-0.05, 0) is 56.1 Å². The smallest absolute Gasteiger partial charge is 0.255 e. The number of hydrogen-bond donors (Lipinski definition) is 1. The zero-order valence-corrected chi connectivity index (χ0v) is 18.7. The summed E-state index contributed by atoms with van der Waals surface area (Å²) in [7, 11) is 0. The quantitative estimate of drug-likeness (QED) is 0.682. The number of carbonyl (C=O) groups excluding carboxylic acids is 3. The summed E-state index contributed by atoms with van der Waals surface area (Å²) in [4.78, 5) is 48.0. The summed E-state index contributed by atoms with van der Waals surface area (Å²) >= 11 is 0. The minimum absolute atomic E-state index is 0.106. The van der Waals surface area contributed by atoms with Crippen molar-refractivity contribution < 1.29 is 14.4 Å². The standard InChI is InChI=1S/C24H33N5O3/c30-21-8-3-11-27(21)12-4-10-26-24(32)19-5-2-9-25-23(19)28-14-17-13-18(16-28)20-6-1-7-22(31)29(20)15-17/h2,5,9,17-18,20H,1,3-4,6-8,10-16H2,(H,26,32)/t17-,18-,20-/m1/s1. The molecule has 3 amide bonds. The summed E-state index contributed by atoms with van der Waals surface area (Å²) in [5.74, 6) is 2.07.